The zero-order valence-corrected chi connectivity index (χ0v) is 16.5. The Morgan fingerprint density at radius 1 is 1.26 bits per heavy atom. The number of nitrogens with zero attached hydrogens (tertiary/aromatic N) is 1. The van der Waals surface area contributed by atoms with Crippen molar-refractivity contribution in [3.05, 3.63) is 46.3 Å². The van der Waals surface area contributed by atoms with Gasteiger partial charge < -0.3 is 11.1 Å². The molecule has 1 aliphatic rings. The van der Waals surface area contributed by atoms with E-state index in [1.807, 2.05) is 0 Å². The maximum absolute atomic E-state index is 12.4. The summed E-state index contributed by atoms with van der Waals surface area (Å²) in [6, 6.07) is 7.79. The van der Waals surface area contributed by atoms with Gasteiger partial charge in [-0.15, -0.1) is 11.3 Å². The molecular formula is C18H21N3O4S2. The highest BCUT2D eigenvalue weighted by atomic mass is 32.2. The van der Waals surface area contributed by atoms with Crippen molar-refractivity contribution in [2.75, 3.05) is 24.2 Å². The van der Waals surface area contributed by atoms with E-state index in [2.05, 4.69) is 17.1 Å². The number of hydrogen-bond donors (Lipinski definition) is 2. The molecule has 0 saturated heterocycles. The molecule has 0 aliphatic carbocycles. The lowest BCUT2D eigenvalue weighted by molar-refractivity contribution is -0.113. The number of hydrogen-bond acceptors (Lipinski definition) is 6. The maximum atomic E-state index is 12.4. The van der Waals surface area contributed by atoms with Gasteiger partial charge >= 0.3 is 0 Å². The van der Waals surface area contributed by atoms with Gasteiger partial charge in [-0.2, -0.15) is 0 Å². The topological polar surface area (TPSA) is 110 Å². The molecule has 27 heavy (non-hydrogen) atoms. The number of likely N-dealkylation sites (N-methyl/N-ethyl adjacent to an activating group) is 1. The van der Waals surface area contributed by atoms with Crippen LogP contribution in [0.2, 0.25) is 0 Å². The fourth-order valence-corrected chi connectivity index (χ4v) is 5.59. The number of anilines is 1. The van der Waals surface area contributed by atoms with E-state index < -0.39 is 27.4 Å². The Hall–Kier alpha value is -2.23. The van der Waals surface area contributed by atoms with Crippen LogP contribution in [0.4, 0.5) is 5.00 Å². The van der Waals surface area contributed by atoms with Gasteiger partial charge in [-0.05, 0) is 30.7 Å². The Bertz CT molecular complexity index is 968. The lowest BCUT2D eigenvalue weighted by Crippen LogP contribution is -2.30. The molecule has 0 fully saturated rings. The van der Waals surface area contributed by atoms with Crippen LogP contribution in [0.5, 0.6) is 0 Å². The molecule has 0 spiro atoms. The molecule has 1 aliphatic heterocycles. The lowest BCUT2D eigenvalue weighted by atomic mass is 10.0. The molecule has 2 heterocycles. The van der Waals surface area contributed by atoms with Gasteiger partial charge in [-0.25, -0.2) is 8.42 Å². The van der Waals surface area contributed by atoms with Crippen LogP contribution in [-0.2, 0) is 27.6 Å². The molecule has 0 saturated carbocycles. The first-order valence-electron chi connectivity index (χ1n) is 8.56. The standard InChI is InChI=1S/C18H21N3O4S2/c1-2-21-9-8-13-14(10-21)26-18(16(13)17(19)23)20-15(22)11-27(24,25)12-6-4-3-5-7-12/h3-7H,2,8-11H2,1H3,(H2,19,23)(H,20,22). The Balaban J connectivity index is 1.82. The molecular weight excluding hydrogens is 386 g/mol. The van der Waals surface area contributed by atoms with Crippen molar-refractivity contribution in [1.82, 2.24) is 4.90 Å². The second kappa shape index (κ2) is 7.79. The van der Waals surface area contributed by atoms with Gasteiger partial charge in [0.2, 0.25) is 5.91 Å². The maximum Gasteiger partial charge on any atom is 0.251 e. The van der Waals surface area contributed by atoms with Crippen LogP contribution in [0, 0.1) is 0 Å². The number of benzene rings is 1. The highest BCUT2D eigenvalue weighted by Gasteiger charge is 2.28. The minimum atomic E-state index is -3.76. The van der Waals surface area contributed by atoms with E-state index in [4.69, 9.17) is 5.73 Å². The van der Waals surface area contributed by atoms with E-state index in [1.165, 1.54) is 23.5 Å². The molecule has 0 bridgehead atoms. The number of nitrogens with two attached hydrogens (primary N) is 1. The molecule has 7 nitrogen and oxygen atoms in total. The normalized spacial score (nSPS) is 14.6. The monoisotopic (exact) mass is 407 g/mol. The third kappa shape index (κ3) is 4.20. The van der Waals surface area contributed by atoms with Crippen LogP contribution in [0.25, 0.3) is 0 Å². The SMILES string of the molecule is CCN1CCc2c(sc(NC(=O)CS(=O)(=O)c3ccccc3)c2C(N)=O)C1. The van der Waals surface area contributed by atoms with Crippen LogP contribution in [0.3, 0.4) is 0 Å². The Kier molecular flexibility index (Phi) is 5.64. The van der Waals surface area contributed by atoms with E-state index in [9.17, 15) is 18.0 Å². The molecule has 2 amide bonds. The summed E-state index contributed by atoms with van der Waals surface area (Å²) >= 11 is 1.29. The van der Waals surface area contributed by atoms with Crippen LogP contribution >= 0.6 is 11.3 Å². The van der Waals surface area contributed by atoms with Crippen molar-refractivity contribution < 1.29 is 18.0 Å². The van der Waals surface area contributed by atoms with Crippen molar-refractivity contribution in [2.24, 2.45) is 5.73 Å². The number of rotatable bonds is 6. The number of amides is 2. The summed E-state index contributed by atoms with van der Waals surface area (Å²) < 4.78 is 24.7. The summed E-state index contributed by atoms with van der Waals surface area (Å²) in [5, 5.41) is 2.92. The van der Waals surface area contributed by atoms with Crippen LogP contribution < -0.4 is 11.1 Å². The highest BCUT2D eigenvalue weighted by molar-refractivity contribution is 7.92. The van der Waals surface area contributed by atoms with Crippen molar-refractivity contribution in [3.8, 4) is 0 Å². The van der Waals surface area contributed by atoms with Crippen LogP contribution in [0.15, 0.2) is 35.2 Å². The molecule has 1 aromatic carbocycles. The Morgan fingerprint density at radius 2 is 1.96 bits per heavy atom. The van der Waals surface area contributed by atoms with E-state index in [1.54, 1.807) is 18.2 Å². The molecule has 1 aromatic heterocycles. The summed E-state index contributed by atoms with van der Waals surface area (Å²) in [5.41, 5.74) is 6.69. The summed E-state index contributed by atoms with van der Waals surface area (Å²) in [5.74, 6) is -2.00. The first kappa shape index (κ1) is 19.5. The molecule has 0 radical (unpaired) electrons. The van der Waals surface area contributed by atoms with Gasteiger partial charge in [0.05, 0.1) is 10.5 Å². The number of primary amides is 1. The third-order valence-corrected chi connectivity index (χ3v) is 7.27. The Labute approximate surface area is 162 Å². The predicted molar refractivity (Wildman–Crippen MR) is 105 cm³/mol. The first-order valence-corrected chi connectivity index (χ1v) is 11.0. The fraction of sp³-hybridized carbons (Fsp3) is 0.333. The van der Waals surface area contributed by atoms with Crippen LogP contribution in [0.1, 0.15) is 27.7 Å². The second-order valence-corrected chi connectivity index (χ2v) is 9.41. The minimum Gasteiger partial charge on any atom is -0.365 e. The smallest absolute Gasteiger partial charge is 0.251 e. The van der Waals surface area contributed by atoms with Gasteiger partial charge in [-0.3, -0.25) is 14.5 Å². The van der Waals surface area contributed by atoms with Gasteiger partial charge in [0, 0.05) is 18.0 Å². The number of fused-ring (bicyclic) bond motifs is 1. The van der Waals surface area contributed by atoms with Crippen molar-refractivity contribution in [1.29, 1.82) is 0 Å². The zero-order valence-electron chi connectivity index (χ0n) is 14.9. The molecule has 3 N–H and O–H groups in total. The molecule has 3 rings (SSSR count). The summed E-state index contributed by atoms with van der Waals surface area (Å²) in [7, 11) is -3.76. The number of sulfone groups is 1. The number of carbonyl (C=O) groups is 2. The summed E-state index contributed by atoms with van der Waals surface area (Å²) in [4.78, 5) is 27.6. The van der Waals surface area contributed by atoms with E-state index in [0.29, 0.717) is 23.5 Å². The predicted octanol–water partition coefficient (Wildman–Crippen LogP) is 1.64. The van der Waals surface area contributed by atoms with Crippen molar-refractivity contribution in [3.63, 3.8) is 0 Å². The minimum absolute atomic E-state index is 0.0827. The van der Waals surface area contributed by atoms with Crippen molar-refractivity contribution >= 4 is 38.0 Å². The van der Waals surface area contributed by atoms with E-state index in [0.717, 1.165) is 23.5 Å². The zero-order chi connectivity index (χ0) is 19.6. The quantitative estimate of drug-likeness (QED) is 0.756. The molecule has 9 heteroatoms. The second-order valence-electron chi connectivity index (χ2n) is 6.31. The molecule has 0 atom stereocenters. The Morgan fingerprint density at radius 3 is 2.59 bits per heavy atom. The lowest BCUT2D eigenvalue weighted by Gasteiger charge is -2.25. The molecule has 0 unspecified atom stereocenters. The van der Waals surface area contributed by atoms with Gasteiger partial charge in [0.15, 0.2) is 9.84 Å². The fourth-order valence-electron chi connectivity index (χ4n) is 3.12. The van der Waals surface area contributed by atoms with Crippen molar-refractivity contribution in [2.45, 2.75) is 24.8 Å². The van der Waals surface area contributed by atoms with Gasteiger partial charge in [0.25, 0.3) is 5.91 Å². The van der Waals surface area contributed by atoms with Gasteiger partial charge in [-0.1, -0.05) is 25.1 Å². The van der Waals surface area contributed by atoms with E-state index >= 15 is 0 Å². The highest BCUT2D eigenvalue weighted by Crippen LogP contribution is 2.36. The largest absolute Gasteiger partial charge is 0.365 e. The van der Waals surface area contributed by atoms with Gasteiger partial charge in [0.1, 0.15) is 10.8 Å². The number of carbonyl (C=O) groups excluding carboxylic acids is 2. The summed E-state index contributed by atoms with van der Waals surface area (Å²) in [6.45, 7) is 4.45. The average molecular weight is 408 g/mol. The third-order valence-electron chi connectivity index (χ3n) is 4.51. The van der Waals surface area contributed by atoms with E-state index in [-0.39, 0.29) is 4.90 Å². The summed E-state index contributed by atoms with van der Waals surface area (Å²) in [6.07, 6.45) is 0.677. The number of thiophene rings is 1. The first-order chi connectivity index (χ1) is 12.8. The van der Waals surface area contributed by atoms with Crippen LogP contribution in [-0.4, -0.2) is 44.0 Å². The molecule has 2 aromatic rings. The number of nitrogens with one attached hydrogen (secondary N) is 1. The average Bonchev–Trinajstić information content (AvgIpc) is 2.98. The molecule has 144 valence electrons.